The highest BCUT2D eigenvalue weighted by Crippen LogP contribution is 2.26. The molecule has 0 radical (unpaired) electrons. The second kappa shape index (κ2) is 4.40. The van der Waals surface area contributed by atoms with Crippen molar-refractivity contribution in [2.75, 3.05) is 0 Å². The van der Waals surface area contributed by atoms with Gasteiger partial charge in [0.05, 0.1) is 22.2 Å². The Morgan fingerprint density at radius 1 is 1.42 bits per heavy atom. The van der Waals surface area contributed by atoms with Crippen LogP contribution in [0.3, 0.4) is 0 Å². The van der Waals surface area contributed by atoms with Crippen molar-refractivity contribution in [2.45, 2.75) is 6.92 Å². The molecule has 0 saturated heterocycles. The number of fused-ring (bicyclic) bond motifs is 1. The smallest absolute Gasteiger partial charge is 0.140 e. The second-order valence-corrected chi connectivity index (χ2v) is 4.88. The Bertz CT molecular complexity index is 807. The minimum Gasteiger partial charge on any atom is -0.507 e. The van der Waals surface area contributed by atoms with Crippen LogP contribution in [-0.4, -0.2) is 10.1 Å². The fourth-order valence-corrected chi connectivity index (χ4v) is 2.59. The zero-order valence-corrected chi connectivity index (χ0v) is 10.9. The fraction of sp³-hybridized carbons (Fsp3) is 0.0769. The molecule has 0 saturated carbocycles. The standard InChI is InChI=1S/C13H11N3O2S/c1-7-2-10(17)12-11(3-7)18-4-8(13(12)16-14)9-5-19-6-15-9/h2-6,17H,14H2,1H3. The van der Waals surface area contributed by atoms with Crippen molar-refractivity contribution in [1.82, 2.24) is 4.98 Å². The van der Waals surface area contributed by atoms with Crippen molar-refractivity contribution in [3.63, 3.8) is 0 Å². The Morgan fingerprint density at radius 3 is 2.95 bits per heavy atom. The van der Waals surface area contributed by atoms with E-state index in [0.717, 1.165) is 11.3 Å². The number of aryl methyl sites for hydroxylation is 1. The molecule has 0 aliphatic heterocycles. The summed E-state index contributed by atoms with van der Waals surface area (Å²) in [7, 11) is 0. The molecule has 3 aromatic rings. The normalized spacial score (nSPS) is 12.2. The maximum absolute atomic E-state index is 10.1. The van der Waals surface area contributed by atoms with Crippen molar-refractivity contribution in [2.24, 2.45) is 10.9 Å². The average Bonchev–Trinajstić information content (AvgIpc) is 2.90. The number of rotatable bonds is 1. The Hall–Kier alpha value is -2.34. The van der Waals surface area contributed by atoms with Crippen LogP contribution in [0.4, 0.5) is 0 Å². The lowest BCUT2D eigenvalue weighted by molar-refractivity contribution is 0.479. The predicted octanol–water partition coefficient (Wildman–Crippen LogP) is 2.34. The highest BCUT2D eigenvalue weighted by atomic mass is 32.1. The third-order valence-electron chi connectivity index (χ3n) is 2.86. The van der Waals surface area contributed by atoms with E-state index in [4.69, 9.17) is 10.3 Å². The molecule has 0 aliphatic rings. The number of nitrogens with zero attached hydrogens (tertiary/aromatic N) is 2. The number of aromatic nitrogens is 1. The molecular weight excluding hydrogens is 262 g/mol. The zero-order valence-electron chi connectivity index (χ0n) is 10.1. The van der Waals surface area contributed by atoms with Crippen LogP contribution in [0.15, 0.2) is 38.8 Å². The third kappa shape index (κ3) is 1.86. The summed E-state index contributed by atoms with van der Waals surface area (Å²) in [5.41, 5.74) is 4.54. The Kier molecular flexibility index (Phi) is 2.72. The first-order valence-electron chi connectivity index (χ1n) is 5.58. The molecule has 0 amide bonds. The maximum atomic E-state index is 10.1. The Balaban J connectivity index is 2.46. The van der Waals surface area contributed by atoms with E-state index in [1.54, 1.807) is 17.8 Å². The number of benzene rings is 1. The van der Waals surface area contributed by atoms with Crippen molar-refractivity contribution in [3.8, 4) is 17.0 Å². The predicted molar refractivity (Wildman–Crippen MR) is 73.5 cm³/mol. The van der Waals surface area contributed by atoms with Gasteiger partial charge < -0.3 is 15.4 Å². The van der Waals surface area contributed by atoms with Gasteiger partial charge in [-0.15, -0.1) is 11.3 Å². The first-order chi connectivity index (χ1) is 9.20. The molecule has 6 heteroatoms. The first-order valence-corrected chi connectivity index (χ1v) is 6.52. The molecular formula is C13H11N3O2S. The van der Waals surface area contributed by atoms with Crippen LogP contribution in [0, 0.1) is 6.92 Å². The molecule has 0 unspecified atom stereocenters. The number of hydrogen-bond donors (Lipinski definition) is 2. The minimum absolute atomic E-state index is 0.0972. The van der Waals surface area contributed by atoms with Crippen LogP contribution in [-0.2, 0) is 0 Å². The Labute approximate surface area is 112 Å². The fourth-order valence-electron chi connectivity index (χ4n) is 2.04. The lowest BCUT2D eigenvalue weighted by atomic mass is 10.1. The Morgan fingerprint density at radius 2 is 2.26 bits per heavy atom. The van der Waals surface area contributed by atoms with Gasteiger partial charge in [-0.05, 0) is 24.6 Å². The van der Waals surface area contributed by atoms with Gasteiger partial charge in [-0.2, -0.15) is 5.10 Å². The van der Waals surface area contributed by atoms with Crippen LogP contribution < -0.4 is 11.2 Å². The zero-order chi connectivity index (χ0) is 13.4. The van der Waals surface area contributed by atoms with Gasteiger partial charge in [0.15, 0.2) is 0 Å². The molecule has 0 bridgehead atoms. The molecule has 1 aromatic carbocycles. The van der Waals surface area contributed by atoms with Crippen LogP contribution in [0.1, 0.15) is 5.56 Å². The molecule has 0 spiro atoms. The second-order valence-electron chi connectivity index (χ2n) is 4.16. The summed E-state index contributed by atoms with van der Waals surface area (Å²) in [4.78, 5) is 4.21. The van der Waals surface area contributed by atoms with Crippen molar-refractivity contribution in [3.05, 3.63) is 40.2 Å². The SMILES string of the molecule is Cc1cc(O)c2c(=NN)c(-c3cscn3)coc2c1. The van der Waals surface area contributed by atoms with Gasteiger partial charge in [0.1, 0.15) is 23.0 Å². The molecule has 2 aromatic heterocycles. The highest BCUT2D eigenvalue weighted by Gasteiger charge is 2.12. The molecule has 3 rings (SSSR count). The van der Waals surface area contributed by atoms with Crippen LogP contribution in [0.5, 0.6) is 5.75 Å². The summed E-state index contributed by atoms with van der Waals surface area (Å²) in [5.74, 6) is 5.57. The van der Waals surface area contributed by atoms with Gasteiger partial charge in [0, 0.05) is 5.38 Å². The molecule has 5 nitrogen and oxygen atoms in total. The third-order valence-corrected chi connectivity index (χ3v) is 3.45. The summed E-state index contributed by atoms with van der Waals surface area (Å²) in [6.07, 6.45) is 1.56. The molecule has 3 N–H and O–H groups in total. The quantitative estimate of drug-likeness (QED) is 0.526. The summed E-state index contributed by atoms with van der Waals surface area (Å²) >= 11 is 1.47. The number of aromatic hydroxyl groups is 1. The van der Waals surface area contributed by atoms with Gasteiger partial charge in [0.25, 0.3) is 0 Å². The van der Waals surface area contributed by atoms with E-state index in [1.165, 1.54) is 11.3 Å². The molecule has 19 heavy (non-hydrogen) atoms. The van der Waals surface area contributed by atoms with E-state index in [0.29, 0.717) is 21.9 Å². The lowest BCUT2D eigenvalue weighted by Crippen LogP contribution is -2.11. The van der Waals surface area contributed by atoms with E-state index in [2.05, 4.69) is 10.1 Å². The lowest BCUT2D eigenvalue weighted by Gasteiger charge is -2.05. The number of thiazole rings is 1. The minimum atomic E-state index is 0.0972. The number of phenolic OH excluding ortho intramolecular Hbond substituents is 1. The van der Waals surface area contributed by atoms with Gasteiger partial charge >= 0.3 is 0 Å². The largest absolute Gasteiger partial charge is 0.507 e. The maximum Gasteiger partial charge on any atom is 0.140 e. The summed E-state index contributed by atoms with van der Waals surface area (Å²) < 4.78 is 5.56. The van der Waals surface area contributed by atoms with Crippen molar-refractivity contribution < 1.29 is 9.52 Å². The summed E-state index contributed by atoms with van der Waals surface area (Å²) in [6, 6.07) is 3.48. The van der Waals surface area contributed by atoms with E-state index >= 15 is 0 Å². The van der Waals surface area contributed by atoms with Crippen molar-refractivity contribution >= 4 is 22.3 Å². The summed E-state index contributed by atoms with van der Waals surface area (Å²) in [6.45, 7) is 1.88. The van der Waals surface area contributed by atoms with Gasteiger partial charge in [0.2, 0.25) is 0 Å². The topological polar surface area (TPSA) is 84.6 Å². The van der Waals surface area contributed by atoms with Crippen LogP contribution in [0.2, 0.25) is 0 Å². The average molecular weight is 273 g/mol. The molecule has 0 fully saturated rings. The van der Waals surface area contributed by atoms with Crippen LogP contribution >= 0.6 is 11.3 Å². The number of nitrogens with two attached hydrogens (primary N) is 1. The van der Waals surface area contributed by atoms with Gasteiger partial charge in [-0.1, -0.05) is 0 Å². The number of phenols is 1. The molecule has 96 valence electrons. The monoisotopic (exact) mass is 273 g/mol. The summed E-state index contributed by atoms with van der Waals surface area (Å²) in [5, 5.41) is 16.7. The van der Waals surface area contributed by atoms with Gasteiger partial charge in [-0.3, -0.25) is 0 Å². The van der Waals surface area contributed by atoms with Crippen molar-refractivity contribution in [1.29, 1.82) is 0 Å². The molecule has 2 heterocycles. The van der Waals surface area contributed by atoms with Crippen LogP contribution in [0.25, 0.3) is 22.2 Å². The first kappa shape index (κ1) is 11.7. The van der Waals surface area contributed by atoms with E-state index < -0.39 is 0 Å². The van der Waals surface area contributed by atoms with E-state index in [1.807, 2.05) is 18.4 Å². The molecule has 0 atom stereocenters. The number of hydrogen-bond acceptors (Lipinski definition) is 6. The van der Waals surface area contributed by atoms with E-state index in [-0.39, 0.29) is 5.75 Å². The highest BCUT2D eigenvalue weighted by molar-refractivity contribution is 7.07. The van der Waals surface area contributed by atoms with Gasteiger partial charge in [-0.25, -0.2) is 4.98 Å². The molecule has 0 aliphatic carbocycles. The van der Waals surface area contributed by atoms with E-state index in [9.17, 15) is 5.11 Å².